The fraction of sp³-hybridized carbons (Fsp3) is 0.500. The average Bonchev–Trinajstić information content (AvgIpc) is 2.18. The third kappa shape index (κ3) is 4.05. The maximum atomic E-state index is 9.12. The fourth-order valence-electron chi connectivity index (χ4n) is 1.31. The molecule has 78 valence electrons. The maximum Gasteiger partial charge on any atom is 0.115 e. The van der Waals surface area contributed by atoms with Gasteiger partial charge in [-0.15, -0.1) is 11.8 Å². The van der Waals surface area contributed by atoms with E-state index in [1.165, 1.54) is 24.2 Å². The van der Waals surface area contributed by atoms with Crippen molar-refractivity contribution >= 4 is 11.8 Å². The van der Waals surface area contributed by atoms with Gasteiger partial charge in [0.2, 0.25) is 0 Å². The normalized spacial score (nSPS) is 12.7. The molecule has 1 rings (SSSR count). The molecule has 2 heteroatoms. The topological polar surface area (TPSA) is 20.2 Å². The van der Waals surface area contributed by atoms with Crippen molar-refractivity contribution in [2.45, 2.75) is 43.3 Å². The maximum absolute atomic E-state index is 9.12. The number of thioether (sulfide) groups is 1. The highest BCUT2D eigenvalue weighted by atomic mass is 32.2. The lowest BCUT2D eigenvalue weighted by molar-refractivity contribution is 0.475. The summed E-state index contributed by atoms with van der Waals surface area (Å²) in [6.45, 7) is 4.48. The zero-order chi connectivity index (χ0) is 10.4. The Morgan fingerprint density at radius 2 is 1.93 bits per heavy atom. The molecule has 0 saturated heterocycles. The second-order valence-corrected chi connectivity index (χ2v) is 5.08. The van der Waals surface area contributed by atoms with Crippen LogP contribution in [0, 0.1) is 0 Å². The second-order valence-electron chi connectivity index (χ2n) is 3.56. The molecule has 1 nitrogen and oxygen atoms in total. The van der Waals surface area contributed by atoms with Crippen molar-refractivity contribution in [1.82, 2.24) is 0 Å². The highest BCUT2D eigenvalue weighted by Gasteiger charge is 2.03. The SMILES string of the molecule is CCCCC(C)Sc1ccc(O)cc1. The first-order valence-electron chi connectivity index (χ1n) is 5.18. The standard InChI is InChI=1S/C12H18OS/c1-3-4-5-10(2)14-12-8-6-11(13)7-9-12/h6-10,13H,3-5H2,1-2H3. The Morgan fingerprint density at radius 1 is 1.29 bits per heavy atom. The van der Waals surface area contributed by atoms with Gasteiger partial charge in [0.05, 0.1) is 0 Å². The molecule has 1 atom stereocenters. The van der Waals surface area contributed by atoms with Crippen molar-refractivity contribution in [3.63, 3.8) is 0 Å². The molecule has 0 fully saturated rings. The molecule has 0 heterocycles. The summed E-state index contributed by atoms with van der Waals surface area (Å²) in [6.07, 6.45) is 3.83. The van der Waals surface area contributed by atoms with Crippen LogP contribution in [0.5, 0.6) is 5.75 Å². The third-order valence-corrected chi connectivity index (χ3v) is 3.32. The van der Waals surface area contributed by atoms with Crippen LogP contribution in [0.1, 0.15) is 33.1 Å². The molecule has 0 amide bonds. The van der Waals surface area contributed by atoms with Gasteiger partial charge in [0.25, 0.3) is 0 Å². The van der Waals surface area contributed by atoms with E-state index in [1.54, 1.807) is 12.1 Å². The van der Waals surface area contributed by atoms with E-state index in [9.17, 15) is 0 Å². The predicted octanol–water partition coefficient (Wildman–Crippen LogP) is 4.06. The third-order valence-electron chi connectivity index (χ3n) is 2.14. The van der Waals surface area contributed by atoms with Gasteiger partial charge in [-0.3, -0.25) is 0 Å². The number of benzene rings is 1. The van der Waals surface area contributed by atoms with E-state index in [2.05, 4.69) is 13.8 Å². The Labute approximate surface area is 90.5 Å². The first-order chi connectivity index (χ1) is 6.72. The summed E-state index contributed by atoms with van der Waals surface area (Å²) in [7, 11) is 0. The summed E-state index contributed by atoms with van der Waals surface area (Å²) >= 11 is 1.88. The summed E-state index contributed by atoms with van der Waals surface area (Å²) in [6, 6.07) is 7.44. The number of phenolic OH excluding ortho intramolecular Hbond substituents is 1. The van der Waals surface area contributed by atoms with E-state index in [-0.39, 0.29) is 0 Å². The minimum absolute atomic E-state index is 0.343. The zero-order valence-electron chi connectivity index (χ0n) is 8.86. The summed E-state index contributed by atoms with van der Waals surface area (Å²) < 4.78 is 0. The Balaban J connectivity index is 2.39. The van der Waals surface area contributed by atoms with Gasteiger partial charge in [-0.25, -0.2) is 0 Å². The van der Waals surface area contributed by atoms with Gasteiger partial charge in [0, 0.05) is 10.1 Å². The molecule has 0 aliphatic heterocycles. The number of rotatable bonds is 5. The summed E-state index contributed by atoms with van der Waals surface area (Å²) in [5.41, 5.74) is 0. The lowest BCUT2D eigenvalue weighted by atomic mass is 10.2. The molecule has 0 aliphatic rings. The first-order valence-corrected chi connectivity index (χ1v) is 6.06. The van der Waals surface area contributed by atoms with Gasteiger partial charge in [-0.2, -0.15) is 0 Å². The van der Waals surface area contributed by atoms with E-state index in [1.807, 2.05) is 23.9 Å². The Hall–Kier alpha value is -0.630. The molecule has 1 aromatic rings. The molecule has 0 saturated carbocycles. The lowest BCUT2D eigenvalue weighted by Gasteiger charge is -2.09. The van der Waals surface area contributed by atoms with E-state index in [0.29, 0.717) is 11.0 Å². The van der Waals surface area contributed by atoms with Gasteiger partial charge in [-0.1, -0.05) is 26.7 Å². The fourth-order valence-corrected chi connectivity index (χ4v) is 2.35. The highest BCUT2D eigenvalue weighted by Crippen LogP contribution is 2.27. The Morgan fingerprint density at radius 3 is 2.50 bits per heavy atom. The smallest absolute Gasteiger partial charge is 0.115 e. The average molecular weight is 210 g/mol. The largest absolute Gasteiger partial charge is 0.508 e. The minimum Gasteiger partial charge on any atom is -0.508 e. The van der Waals surface area contributed by atoms with Crippen LogP contribution in [-0.2, 0) is 0 Å². The molecule has 0 radical (unpaired) electrons. The van der Waals surface area contributed by atoms with E-state index in [4.69, 9.17) is 5.11 Å². The first kappa shape index (κ1) is 11.4. The number of hydrogen-bond donors (Lipinski definition) is 1. The minimum atomic E-state index is 0.343. The van der Waals surface area contributed by atoms with E-state index < -0.39 is 0 Å². The number of aromatic hydroxyl groups is 1. The summed E-state index contributed by atoms with van der Waals surface area (Å²) in [4.78, 5) is 1.24. The van der Waals surface area contributed by atoms with Crippen LogP contribution in [0.25, 0.3) is 0 Å². The second kappa shape index (κ2) is 5.97. The monoisotopic (exact) mass is 210 g/mol. The van der Waals surface area contributed by atoms with Crippen molar-refractivity contribution in [3.8, 4) is 5.75 Å². The number of unbranched alkanes of at least 4 members (excludes halogenated alkanes) is 1. The molecule has 0 spiro atoms. The molecule has 0 aliphatic carbocycles. The molecular formula is C12H18OS. The van der Waals surface area contributed by atoms with Gasteiger partial charge < -0.3 is 5.11 Å². The van der Waals surface area contributed by atoms with E-state index >= 15 is 0 Å². The lowest BCUT2D eigenvalue weighted by Crippen LogP contribution is -1.94. The Kier molecular flexibility index (Phi) is 4.88. The number of hydrogen-bond acceptors (Lipinski definition) is 2. The summed E-state index contributed by atoms with van der Waals surface area (Å²) in [5, 5.41) is 9.79. The molecule has 0 bridgehead atoms. The van der Waals surface area contributed by atoms with Crippen LogP contribution in [0.2, 0.25) is 0 Å². The van der Waals surface area contributed by atoms with E-state index in [0.717, 1.165) is 0 Å². The molecule has 1 aromatic carbocycles. The van der Waals surface area contributed by atoms with Crippen LogP contribution in [0.3, 0.4) is 0 Å². The van der Waals surface area contributed by atoms with Gasteiger partial charge in [0.15, 0.2) is 0 Å². The van der Waals surface area contributed by atoms with Crippen molar-refractivity contribution in [2.24, 2.45) is 0 Å². The molecule has 1 N–H and O–H groups in total. The molecule has 14 heavy (non-hydrogen) atoms. The van der Waals surface area contributed by atoms with Crippen molar-refractivity contribution in [1.29, 1.82) is 0 Å². The predicted molar refractivity (Wildman–Crippen MR) is 63.0 cm³/mol. The van der Waals surface area contributed by atoms with Crippen LogP contribution >= 0.6 is 11.8 Å². The highest BCUT2D eigenvalue weighted by molar-refractivity contribution is 7.99. The zero-order valence-corrected chi connectivity index (χ0v) is 9.68. The van der Waals surface area contributed by atoms with Crippen LogP contribution in [0.15, 0.2) is 29.2 Å². The van der Waals surface area contributed by atoms with Crippen LogP contribution < -0.4 is 0 Å². The van der Waals surface area contributed by atoms with Crippen molar-refractivity contribution < 1.29 is 5.11 Å². The molecular weight excluding hydrogens is 192 g/mol. The summed E-state index contributed by atoms with van der Waals surface area (Å²) in [5.74, 6) is 0.343. The van der Waals surface area contributed by atoms with Crippen molar-refractivity contribution in [2.75, 3.05) is 0 Å². The van der Waals surface area contributed by atoms with Crippen LogP contribution in [0.4, 0.5) is 0 Å². The van der Waals surface area contributed by atoms with Gasteiger partial charge >= 0.3 is 0 Å². The molecule has 1 unspecified atom stereocenters. The number of phenols is 1. The Bertz CT molecular complexity index is 256. The molecule has 0 aromatic heterocycles. The van der Waals surface area contributed by atoms with Crippen LogP contribution in [-0.4, -0.2) is 10.4 Å². The van der Waals surface area contributed by atoms with Gasteiger partial charge in [-0.05, 0) is 30.7 Å². The van der Waals surface area contributed by atoms with Crippen molar-refractivity contribution in [3.05, 3.63) is 24.3 Å². The van der Waals surface area contributed by atoms with Gasteiger partial charge in [0.1, 0.15) is 5.75 Å². The quantitative estimate of drug-likeness (QED) is 0.739.